The van der Waals surface area contributed by atoms with Crippen molar-refractivity contribution in [3.8, 4) is 5.75 Å². The highest BCUT2D eigenvalue weighted by atomic mass is 35.5. The van der Waals surface area contributed by atoms with Crippen LogP contribution in [0, 0.1) is 0 Å². The number of carbonyl (C=O) groups is 1. The van der Waals surface area contributed by atoms with Gasteiger partial charge in [-0.05, 0) is 68.1 Å². The first kappa shape index (κ1) is 18.3. The quantitative estimate of drug-likeness (QED) is 0.784. The van der Waals surface area contributed by atoms with Crippen molar-refractivity contribution in [1.82, 2.24) is 4.90 Å². The molecule has 0 aromatic heterocycles. The Hall–Kier alpha value is -2.04. The molecule has 4 nitrogen and oxygen atoms in total. The van der Waals surface area contributed by atoms with Crippen molar-refractivity contribution in [3.63, 3.8) is 0 Å². The van der Waals surface area contributed by atoms with Crippen molar-refractivity contribution in [2.45, 2.75) is 37.7 Å². The number of likely N-dealkylation sites (tertiary alicyclic amines) is 1. The molecule has 0 aliphatic carbocycles. The third-order valence-electron chi connectivity index (χ3n) is 5.53. The topological polar surface area (TPSA) is 41.6 Å². The van der Waals surface area contributed by atoms with Crippen LogP contribution in [0.3, 0.4) is 0 Å². The number of ether oxygens (including phenoxy) is 1. The molecule has 1 amide bonds. The van der Waals surface area contributed by atoms with Crippen LogP contribution in [-0.4, -0.2) is 36.5 Å². The van der Waals surface area contributed by atoms with Crippen molar-refractivity contribution < 1.29 is 9.53 Å². The van der Waals surface area contributed by atoms with Crippen LogP contribution in [-0.2, 0) is 4.79 Å². The lowest BCUT2D eigenvalue weighted by molar-refractivity contribution is -0.117. The van der Waals surface area contributed by atoms with Gasteiger partial charge in [0.1, 0.15) is 11.9 Å². The van der Waals surface area contributed by atoms with Gasteiger partial charge in [0.15, 0.2) is 0 Å². The van der Waals surface area contributed by atoms with Crippen LogP contribution in [0.4, 0.5) is 5.69 Å². The van der Waals surface area contributed by atoms with E-state index in [1.165, 1.54) is 0 Å². The molecule has 142 valence electrons. The molecule has 0 radical (unpaired) electrons. The van der Waals surface area contributed by atoms with Crippen LogP contribution in [0.1, 0.15) is 37.2 Å². The maximum absolute atomic E-state index is 12.2. The molecule has 5 heteroatoms. The first-order valence-corrected chi connectivity index (χ1v) is 10.1. The number of hydrogen-bond donors (Lipinski definition) is 1. The zero-order chi connectivity index (χ0) is 18.6. The number of para-hydroxylation sites is 1. The lowest BCUT2D eigenvalue weighted by atomic mass is 9.95. The van der Waals surface area contributed by atoms with Crippen LogP contribution >= 0.6 is 11.6 Å². The monoisotopic (exact) mass is 384 g/mol. The summed E-state index contributed by atoms with van der Waals surface area (Å²) < 4.78 is 6.06. The number of rotatable bonds is 6. The molecule has 1 N–H and O–H groups in total. The van der Waals surface area contributed by atoms with Gasteiger partial charge in [-0.2, -0.15) is 0 Å². The van der Waals surface area contributed by atoms with Gasteiger partial charge in [-0.1, -0.05) is 29.8 Å². The molecule has 1 fully saturated rings. The Morgan fingerprint density at radius 1 is 1.07 bits per heavy atom. The standard InChI is InChI=1S/C22H25ClN2O2/c23-16-7-9-17(10-8-16)27-18-11-14-25(15-12-18)13-3-5-20-19-4-1-2-6-21(19)24-22(20)26/h1-2,4,6-10,18,20H,3,5,11-15H2,(H,24,26). The summed E-state index contributed by atoms with van der Waals surface area (Å²) in [6.45, 7) is 3.14. The van der Waals surface area contributed by atoms with E-state index in [-0.39, 0.29) is 17.9 Å². The highest BCUT2D eigenvalue weighted by Crippen LogP contribution is 2.35. The predicted molar refractivity (Wildman–Crippen MR) is 109 cm³/mol. The molecule has 1 unspecified atom stereocenters. The fourth-order valence-corrected chi connectivity index (χ4v) is 4.16. The number of nitrogens with one attached hydrogen (secondary N) is 1. The van der Waals surface area contributed by atoms with Gasteiger partial charge in [0, 0.05) is 23.8 Å². The van der Waals surface area contributed by atoms with Crippen molar-refractivity contribution in [1.29, 1.82) is 0 Å². The average Bonchev–Trinajstić information content (AvgIpc) is 3.00. The van der Waals surface area contributed by atoms with Crippen LogP contribution in [0.5, 0.6) is 5.75 Å². The number of piperidine rings is 1. The summed E-state index contributed by atoms with van der Waals surface area (Å²) in [6, 6.07) is 15.6. The van der Waals surface area contributed by atoms with Crippen LogP contribution < -0.4 is 10.1 Å². The molecule has 1 saturated heterocycles. The third kappa shape index (κ3) is 4.45. The first-order chi connectivity index (χ1) is 13.2. The number of nitrogens with zero attached hydrogens (tertiary/aromatic N) is 1. The molecule has 27 heavy (non-hydrogen) atoms. The number of fused-ring (bicyclic) bond motifs is 1. The molecule has 0 spiro atoms. The minimum Gasteiger partial charge on any atom is -0.490 e. The van der Waals surface area contributed by atoms with Gasteiger partial charge in [0.25, 0.3) is 0 Å². The third-order valence-corrected chi connectivity index (χ3v) is 5.78. The van der Waals surface area contributed by atoms with Gasteiger partial charge in [-0.15, -0.1) is 0 Å². The van der Waals surface area contributed by atoms with Gasteiger partial charge in [-0.3, -0.25) is 4.79 Å². The first-order valence-electron chi connectivity index (χ1n) is 9.73. The lowest BCUT2D eigenvalue weighted by Crippen LogP contribution is -2.38. The molecule has 2 aromatic rings. The maximum Gasteiger partial charge on any atom is 0.232 e. The largest absolute Gasteiger partial charge is 0.490 e. The SMILES string of the molecule is O=C1Nc2ccccc2C1CCCN1CCC(Oc2ccc(Cl)cc2)CC1. The number of halogens is 1. The average molecular weight is 385 g/mol. The number of hydrogen-bond acceptors (Lipinski definition) is 3. The number of benzene rings is 2. The molecule has 2 aromatic carbocycles. The van der Waals surface area contributed by atoms with E-state index in [1.807, 2.05) is 42.5 Å². The number of carbonyl (C=O) groups excluding carboxylic acids is 1. The molecule has 4 rings (SSSR count). The van der Waals surface area contributed by atoms with Crippen molar-refractivity contribution in [2.75, 3.05) is 25.0 Å². The predicted octanol–water partition coefficient (Wildman–Crippen LogP) is 4.70. The second-order valence-corrected chi connectivity index (χ2v) is 7.82. The maximum atomic E-state index is 12.2. The normalized spacial score (nSPS) is 20.3. The highest BCUT2D eigenvalue weighted by Gasteiger charge is 2.29. The van der Waals surface area contributed by atoms with E-state index in [0.29, 0.717) is 0 Å². The van der Waals surface area contributed by atoms with Gasteiger partial charge in [-0.25, -0.2) is 0 Å². The summed E-state index contributed by atoms with van der Waals surface area (Å²) in [5.74, 6) is 1.04. The second kappa shape index (κ2) is 8.32. The molecule has 0 bridgehead atoms. The summed E-state index contributed by atoms with van der Waals surface area (Å²) >= 11 is 5.92. The van der Waals surface area contributed by atoms with Gasteiger partial charge in [0.2, 0.25) is 5.91 Å². The summed E-state index contributed by atoms with van der Waals surface area (Å²) in [4.78, 5) is 14.7. The minimum absolute atomic E-state index is 0.00646. The molecule has 1 atom stereocenters. The van der Waals surface area contributed by atoms with Crippen LogP contribution in [0.25, 0.3) is 0 Å². The molecule has 0 saturated carbocycles. The Bertz CT molecular complexity index is 785. The second-order valence-electron chi connectivity index (χ2n) is 7.38. The molecule has 2 aliphatic rings. The van der Waals surface area contributed by atoms with Gasteiger partial charge < -0.3 is 15.0 Å². The molecule has 2 heterocycles. The van der Waals surface area contributed by atoms with Crippen molar-refractivity contribution >= 4 is 23.2 Å². The lowest BCUT2D eigenvalue weighted by Gasteiger charge is -2.32. The van der Waals surface area contributed by atoms with Crippen LogP contribution in [0.2, 0.25) is 5.02 Å². The Morgan fingerprint density at radius 2 is 1.81 bits per heavy atom. The number of amides is 1. The zero-order valence-electron chi connectivity index (χ0n) is 15.4. The van der Waals surface area contributed by atoms with E-state index >= 15 is 0 Å². The fraction of sp³-hybridized carbons (Fsp3) is 0.409. The van der Waals surface area contributed by atoms with Gasteiger partial charge >= 0.3 is 0 Å². The summed E-state index contributed by atoms with van der Waals surface area (Å²) in [7, 11) is 0. The molecular formula is C22H25ClN2O2. The Balaban J connectivity index is 1.20. The fourth-order valence-electron chi connectivity index (χ4n) is 4.04. The van der Waals surface area contributed by atoms with Crippen molar-refractivity contribution in [2.24, 2.45) is 0 Å². The Labute approximate surface area is 165 Å². The van der Waals surface area contributed by atoms with E-state index in [4.69, 9.17) is 16.3 Å². The Morgan fingerprint density at radius 3 is 2.59 bits per heavy atom. The van der Waals surface area contributed by atoms with E-state index < -0.39 is 0 Å². The van der Waals surface area contributed by atoms with Crippen LogP contribution in [0.15, 0.2) is 48.5 Å². The van der Waals surface area contributed by atoms with E-state index in [9.17, 15) is 4.79 Å². The Kier molecular flexibility index (Phi) is 5.65. The minimum atomic E-state index is 0.00646. The van der Waals surface area contributed by atoms with E-state index in [1.54, 1.807) is 0 Å². The zero-order valence-corrected chi connectivity index (χ0v) is 16.1. The molecular weight excluding hydrogens is 360 g/mol. The highest BCUT2D eigenvalue weighted by molar-refractivity contribution is 6.30. The van der Waals surface area contributed by atoms with Gasteiger partial charge in [0.05, 0.1) is 5.92 Å². The van der Waals surface area contributed by atoms with Crippen molar-refractivity contribution in [3.05, 3.63) is 59.1 Å². The van der Waals surface area contributed by atoms with E-state index in [2.05, 4.69) is 16.3 Å². The smallest absolute Gasteiger partial charge is 0.232 e. The summed E-state index contributed by atoms with van der Waals surface area (Å²) in [6.07, 6.45) is 4.29. The summed E-state index contributed by atoms with van der Waals surface area (Å²) in [5, 5.41) is 3.72. The summed E-state index contributed by atoms with van der Waals surface area (Å²) in [5.41, 5.74) is 2.13. The van der Waals surface area contributed by atoms with E-state index in [0.717, 1.165) is 67.3 Å². The number of anilines is 1. The molecule has 2 aliphatic heterocycles.